The van der Waals surface area contributed by atoms with E-state index in [9.17, 15) is 19.5 Å². The van der Waals surface area contributed by atoms with Gasteiger partial charge in [-0.15, -0.1) is 10.2 Å². The number of nitrogens with one attached hydrogen (secondary N) is 1. The lowest BCUT2D eigenvalue weighted by atomic mass is 10.1. The molecule has 2 N–H and O–H groups in total. The maximum atomic E-state index is 12.7. The van der Waals surface area contributed by atoms with Gasteiger partial charge >= 0.3 is 11.7 Å². The summed E-state index contributed by atoms with van der Waals surface area (Å²) in [6.45, 7) is 6.33. The van der Waals surface area contributed by atoms with E-state index in [-0.39, 0.29) is 35.8 Å². The Hall–Kier alpha value is -5.07. The Morgan fingerprint density at radius 1 is 1.05 bits per heavy atom. The second kappa shape index (κ2) is 10.4. The number of imidazole rings is 1. The van der Waals surface area contributed by atoms with Crippen molar-refractivity contribution >= 4 is 17.1 Å². The molecule has 4 heterocycles. The third kappa shape index (κ3) is 4.81. The SMILES string of the molecule is CCc1c(C(=O)O)cnn1-c1ccc(OCc2nc3c(c(=O)[nH]c(=O)n3Cc3ccc(C)cc3)n2CC)nn1. The summed E-state index contributed by atoms with van der Waals surface area (Å²) in [5, 5.41) is 21.7. The summed E-state index contributed by atoms with van der Waals surface area (Å²) in [5.74, 6) is -0.0752. The minimum absolute atomic E-state index is 0.0279. The average molecular weight is 531 g/mol. The Kier molecular flexibility index (Phi) is 6.79. The van der Waals surface area contributed by atoms with Crippen LogP contribution in [-0.4, -0.2) is 50.2 Å². The van der Waals surface area contributed by atoms with Crippen LogP contribution in [0.4, 0.5) is 0 Å². The van der Waals surface area contributed by atoms with Gasteiger partial charge in [0.2, 0.25) is 5.88 Å². The summed E-state index contributed by atoms with van der Waals surface area (Å²) in [6, 6.07) is 11.0. The van der Waals surface area contributed by atoms with Gasteiger partial charge in [0.05, 0.1) is 18.4 Å². The molecule has 0 bridgehead atoms. The molecule has 0 amide bonds. The average Bonchev–Trinajstić information content (AvgIpc) is 3.53. The van der Waals surface area contributed by atoms with Crippen molar-refractivity contribution < 1.29 is 14.6 Å². The molecule has 0 unspecified atom stereocenters. The van der Waals surface area contributed by atoms with E-state index in [4.69, 9.17) is 4.74 Å². The van der Waals surface area contributed by atoms with E-state index in [0.29, 0.717) is 30.3 Å². The Bertz CT molecular complexity index is 1780. The number of H-pyrrole nitrogens is 1. The molecule has 5 rings (SSSR count). The summed E-state index contributed by atoms with van der Waals surface area (Å²) < 4.78 is 10.4. The summed E-state index contributed by atoms with van der Waals surface area (Å²) in [5.41, 5.74) is 2.09. The van der Waals surface area contributed by atoms with Crippen molar-refractivity contribution in [2.24, 2.45) is 0 Å². The van der Waals surface area contributed by atoms with E-state index >= 15 is 0 Å². The van der Waals surface area contributed by atoms with Crippen molar-refractivity contribution in [1.29, 1.82) is 0 Å². The first-order valence-electron chi connectivity index (χ1n) is 12.4. The predicted molar refractivity (Wildman–Crippen MR) is 140 cm³/mol. The van der Waals surface area contributed by atoms with Gasteiger partial charge in [0.1, 0.15) is 18.0 Å². The van der Waals surface area contributed by atoms with Crippen LogP contribution in [0, 0.1) is 6.92 Å². The molecular formula is C26H26N8O5. The van der Waals surface area contributed by atoms with Gasteiger partial charge in [0, 0.05) is 12.6 Å². The summed E-state index contributed by atoms with van der Waals surface area (Å²) in [6.07, 6.45) is 1.73. The van der Waals surface area contributed by atoms with Crippen LogP contribution in [0.2, 0.25) is 0 Å². The molecule has 200 valence electrons. The molecule has 0 saturated carbocycles. The van der Waals surface area contributed by atoms with Crippen molar-refractivity contribution in [2.45, 2.75) is 46.9 Å². The maximum absolute atomic E-state index is 12.7. The Morgan fingerprint density at radius 3 is 2.46 bits per heavy atom. The van der Waals surface area contributed by atoms with E-state index in [1.807, 2.05) is 45.0 Å². The normalized spacial score (nSPS) is 11.3. The van der Waals surface area contributed by atoms with E-state index in [1.54, 1.807) is 16.7 Å². The van der Waals surface area contributed by atoms with Gasteiger partial charge in [-0.2, -0.15) is 5.10 Å². The number of ether oxygens (including phenoxy) is 1. The maximum Gasteiger partial charge on any atom is 0.339 e. The van der Waals surface area contributed by atoms with Gasteiger partial charge in [0.25, 0.3) is 5.56 Å². The number of hydrogen-bond donors (Lipinski definition) is 2. The zero-order chi connectivity index (χ0) is 27.7. The van der Waals surface area contributed by atoms with Crippen LogP contribution < -0.4 is 16.0 Å². The van der Waals surface area contributed by atoms with Crippen LogP contribution in [0.5, 0.6) is 5.88 Å². The molecule has 13 heteroatoms. The molecule has 13 nitrogen and oxygen atoms in total. The van der Waals surface area contributed by atoms with Gasteiger partial charge in [-0.25, -0.2) is 19.3 Å². The lowest BCUT2D eigenvalue weighted by Crippen LogP contribution is -2.31. The topological polar surface area (TPSA) is 163 Å². The minimum Gasteiger partial charge on any atom is -0.478 e. The summed E-state index contributed by atoms with van der Waals surface area (Å²) >= 11 is 0. The molecular weight excluding hydrogens is 504 g/mol. The number of aromatic nitrogens is 8. The van der Waals surface area contributed by atoms with Crippen LogP contribution in [0.25, 0.3) is 17.0 Å². The number of carbonyl (C=O) groups is 1. The van der Waals surface area contributed by atoms with Gasteiger partial charge < -0.3 is 14.4 Å². The van der Waals surface area contributed by atoms with E-state index < -0.39 is 17.2 Å². The third-order valence-corrected chi connectivity index (χ3v) is 6.37. The first-order chi connectivity index (χ1) is 18.8. The molecule has 0 saturated heterocycles. The number of aromatic carboxylic acids is 1. The fraction of sp³-hybridized carbons (Fsp3) is 0.269. The number of nitrogens with zero attached hydrogens (tertiary/aromatic N) is 7. The van der Waals surface area contributed by atoms with Crippen LogP contribution >= 0.6 is 0 Å². The monoisotopic (exact) mass is 530 g/mol. The quantitative estimate of drug-likeness (QED) is 0.290. The largest absolute Gasteiger partial charge is 0.478 e. The molecule has 5 aromatic rings. The van der Waals surface area contributed by atoms with Crippen molar-refractivity contribution in [3.8, 4) is 11.7 Å². The fourth-order valence-corrected chi connectivity index (χ4v) is 4.42. The number of benzene rings is 1. The van der Waals surface area contributed by atoms with Gasteiger partial charge in [0.15, 0.2) is 17.0 Å². The smallest absolute Gasteiger partial charge is 0.339 e. The second-order valence-electron chi connectivity index (χ2n) is 8.87. The van der Waals surface area contributed by atoms with Gasteiger partial charge in [-0.1, -0.05) is 36.8 Å². The fourth-order valence-electron chi connectivity index (χ4n) is 4.42. The minimum atomic E-state index is -1.06. The molecule has 4 aromatic heterocycles. The second-order valence-corrected chi connectivity index (χ2v) is 8.87. The molecule has 0 spiro atoms. The summed E-state index contributed by atoms with van der Waals surface area (Å²) in [7, 11) is 0. The van der Waals surface area contributed by atoms with Crippen LogP contribution in [0.15, 0.2) is 52.2 Å². The van der Waals surface area contributed by atoms with Crippen molar-refractivity contribution in [1.82, 2.24) is 39.1 Å². The number of carboxylic acids is 1. The van der Waals surface area contributed by atoms with Crippen molar-refractivity contribution in [3.05, 3.63) is 91.6 Å². The van der Waals surface area contributed by atoms with Crippen LogP contribution in [0.3, 0.4) is 0 Å². The highest BCUT2D eigenvalue weighted by Crippen LogP contribution is 2.18. The number of rotatable bonds is 9. The predicted octanol–water partition coefficient (Wildman–Crippen LogP) is 2.08. The molecule has 0 radical (unpaired) electrons. The van der Waals surface area contributed by atoms with Crippen molar-refractivity contribution in [3.63, 3.8) is 0 Å². The lowest BCUT2D eigenvalue weighted by Gasteiger charge is -2.08. The Balaban J connectivity index is 1.43. The van der Waals surface area contributed by atoms with Gasteiger partial charge in [-0.05, 0) is 31.9 Å². The molecule has 0 aliphatic rings. The number of carboxylic acid groups (broad SMARTS) is 1. The zero-order valence-corrected chi connectivity index (χ0v) is 21.6. The standard InChI is InChI=1S/C26H26N8O5/c1-4-18-17(25(36)37)12-27-34(18)19-10-11-21(31-30-19)39-14-20-28-23-22(32(20)5-2)24(35)29-26(38)33(23)13-16-8-6-15(3)7-9-16/h6-12H,4-5,13-14H2,1-3H3,(H,36,37)(H,29,35,38). The van der Waals surface area contributed by atoms with E-state index in [2.05, 4.69) is 25.3 Å². The number of aryl methyl sites for hydroxylation is 2. The molecule has 0 atom stereocenters. The highest BCUT2D eigenvalue weighted by Gasteiger charge is 2.20. The first-order valence-corrected chi connectivity index (χ1v) is 12.4. The van der Waals surface area contributed by atoms with E-state index in [0.717, 1.165) is 11.1 Å². The molecule has 1 aromatic carbocycles. The third-order valence-electron chi connectivity index (χ3n) is 6.37. The molecule has 0 fully saturated rings. The van der Waals surface area contributed by atoms with Crippen molar-refractivity contribution in [2.75, 3.05) is 0 Å². The van der Waals surface area contributed by atoms with Crippen LogP contribution in [0.1, 0.15) is 46.9 Å². The van der Waals surface area contributed by atoms with Crippen LogP contribution in [-0.2, 0) is 26.1 Å². The zero-order valence-electron chi connectivity index (χ0n) is 21.6. The Labute approximate surface area is 221 Å². The molecule has 0 aliphatic carbocycles. The molecule has 39 heavy (non-hydrogen) atoms. The summed E-state index contributed by atoms with van der Waals surface area (Å²) in [4.78, 5) is 43.9. The highest BCUT2D eigenvalue weighted by molar-refractivity contribution is 5.88. The molecule has 0 aliphatic heterocycles. The highest BCUT2D eigenvalue weighted by atomic mass is 16.5. The number of hydrogen-bond acceptors (Lipinski definition) is 8. The Morgan fingerprint density at radius 2 is 1.82 bits per heavy atom. The first kappa shape index (κ1) is 25.6. The van der Waals surface area contributed by atoms with E-state index in [1.165, 1.54) is 15.4 Å². The number of aromatic amines is 1. The lowest BCUT2D eigenvalue weighted by molar-refractivity contribution is 0.0695. The van der Waals surface area contributed by atoms with Gasteiger partial charge in [-0.3, -0.25) is 14.3 Å². The number of fused-ring (bicyclic) bond motifs is 1.